The second-order valence-corrected chi connectivity index (χ2v) is 14.1. The minimum absolute atomic E-state index is 0.141. The topological polar surface area (TPSA) is 176 Å². The molecule has 0 aliphatic rings. The summed E-state index contributed by atoms with van der Waals surface area (Å²) in [5.74, 6) is -3.39. The van der Waals surface area contributed by atoms with E-state index in [1.165, 1.54) is 4.90 Å². The number of carbonyl (C=O) groups excluding carboxylic acids is 1. The lowest BCUT2D eigenvalue weighted by Crippen LogP contribution is -2.47. The summed E-state index contributed by atoms with van der Waals surface area (Å²) >= 11 is 0. The highest BCUT2D eigenvalue weighted by atomic mass is 16.4. The summed E-state index contributed by atoms with van der Waals surface area (Å²) in [5.41, 5.74) is 5.72. The molecular formula is C46H47N5O7. The average Bonchev–Trinajstić information content (AvgIpc) is 3.71. The normalized spacial score (nSPS) is 11.6. The number of benzene rings is 5. The number of rotatable bonds is 16. The monoisotopic (exact) mass is 781 g/mol. The molecule has 0 bridgehead atoms. The molecule has 0 aliphatic carbocycles. The third-order valence-electron chi connectivity index (χ3n) is 9.73. The van der Waals surface area contributed by atoms with Crippen LogP contribution in [0.4, 0.5) is 0 Å². The number of aliphatic carboxylic acids is 3. The van der Waals surface area contributed by atoms with Gasteiger partial charge in [0.1, 0.15) is 18.0 Å². The van der Waals surface area contributed by atoms with Crippen molar-refractivity contribution in [1.29, 1.82) is 0 Å². The van der Waals surface area contributed by atoms with Gasteiger partial charge in [-0.2, -0.15) is 0 Å². The lowest BCUT2D eigenvalue weighted by atomic mass is 9.77. The van der Waals surface area contributed by atoms with Crippen molar-refractivity contribution >= 4 is 23.8 Å². The van der Waals surface area contributed by atoms with Crippen LogP contribution in [0.3, 0.4) is 0 Å². The molecule has 0 fully saturated rings. The molecule has 3 N–H and O–H groups in total. The Morgan fingerprint density at radius 2 is 1.16 bits per heavy atom. The summed E-state index contributed by atoms with van der Waals surface area (Å²) in [6.07, 6.45) is 1.10. The third kappa shape index (κ3) is 9.70. The first-order chi connectivity index (χ1) is 28.0. The van der Waals surface area contributed by atoms with Crippen LogP contribution in [-0.2, 0) is 31.3 Å². The Labute approximate surface area is 337 Å². The number of unbranched alkanes of at least 4 members (excludes halogenated alkanes) is 1. The van der Waals surface area contributed by atoms with Gasteiger partial charge in [0.05, 0.1) is 0 Å². The van der Waals surface area contributed by atoms with E-state index in [1.807, 2.05) is 123 Å². The van der Waals surface area contributed by atoms with Crippen molar-refractivity contribution in [3.8, 4) is 22.5 Å². The number of amides is 1. The Balaban J connectivity index is 0.000000839. The maximum atomic E-state index is 13.3. The number of carboxylic acid groups (broad SMARTS) is 3. The van der Waals surface area contributed by atoms with E-state index in [0.29, 0.717) is 12.2 Å². The molecule has 12 heteroatoms. The largest absolute Gasteiger partial charge is 0.481 e. The minimum Gasteiger partial charge on any atom is -0.481 e. The minimum atomic E-state index is -1.31. The second-order valence-electron chi connectivity index (χ2n) is 14.1. The van der Waals surface area contributed by atoms with Gasteiger partial charge in [0.25, 0.3) is 0 Å². The lowest BCUT2D eigenvalue weighted by molar-refractivity contribution is -0.153. The van der Waals surface area contributed by atoms with Crippen LogP contribution in [0.15, 0.2) is 140 Å². The van der Waals surface area contributed by atoms with Crippen LogP contribution in [0.25, 0.3) is 22.5 Å². The molecule has 6 aromatic rings. The van der Waals surface area contributed by atoms with Crippen molar-refractivity contribution in [1.82, 2.24) is 25.1 Å². The summed E-state index contributed by atoms with van der Waals surface area (Å²) in [5, 5.41) is 39.2. The van der Waals surface area contributed by atoms with Gasteiger partial charge in [-0.3, -0.25) is 14.4 Å². The number of carbonyl (C=O) groups is 4. The average molecular weight is 782 g/mol. The van der Waals surface area contributed by atoms with Gasteiger partial charge in [0, 0.05) is 18.5 Å². The molecule has 12 nitrogen and oxygen atoms in total. The van der Waals surface area contributed by atoms with Crippen LogP contribution in [0.1, 0.15) is 68.7 Å². The highest BCUT2D eigenvalue weighted by molar-refractivity contribution is 5.89. The Bertz CT molecular complexity index is 2170. The molecule has 1 atom stereocenters. The Kier molecular flexibility index (Phi) is 14.4. The molecule has 1 amide bonds. The third-order valence-corrected chi connectivity index (χ3v) is 9.73. The highest BCUT2D eigenvalue weighted by Crippen LogP contribution is 2.43. The number of carboxylic acids is 3. The first-order valence-electron chi connectivity index (χ1n) is 19.1. The molecule has 0 saturated heterocycles. The summed E-state index contributed by atoms with van der Waals surface area (Å²) in [7, 11) is 0. The molecule has 5 aromatic carbocycles. The predicted octanol–water partition coefficient (Wildman–Crippen LogP) is 8.02. The molecular weight excluding hydrogens is 735 g/mol. The molecule has 0 radical (unpaired) electrons. The Hall–Kier alpha value is -6.95. The summed E-state index contributed by atoms with van der Waals surface area (Å²) in [4.78, 5) is 46.0. The van der Waals surface area contributed by atoms with Crippen molar-refractivity contribution < 1.29 is 34.5 Å². The van der Waals surface area contributed by atoms with Gasteiger partial charge < -0.3 is 20.2 Å². The fourth-order valence-electron chi connectivity index (χ4n) is 7.12. The molecule has 1 aromatic heterocycles. The highest BCUT2D eigenvalue weighted by Gasteiger charge is 2.42. The number of hydrogen-bond donors (Lipinski definition) is 3. The van der Waals surface area contributed by atoms with Gasteiger partial charge in [-0.25, -0.2) is 9.48 Å². The van der Waals surface area contributed by atoms with Crippen molar-refractivity contribution in [3.05, 3.63) is 162 Å². The van der Waals surface area contributed by atoms with E-state index in [-0.39, 0.29) is 18.4 Å². The van der Waals surface area contributed by atoms with Crippen LogP contribution in [0.5, 0.6) is 0 Å². The summed E-state index contributed by atoms with van der Waals surface area (Å²) < 4.78 is 1.93. The fraction of sp³-hybridized carbons (Fsp3) is 0.239. The summed E-state index contributed by atoms with van der Waals surface area (Å²) in [6.45, 7) is 5.92. The zero-order valence-electron chi connectivity index (χ0n) is 32.7. The van der Waals surface area contributed by atoms with E-state index in [4.69, 9.17) is 15.4 Å². The number of hydrogen-bond acceptors (Lipinski definition) is 7. The maximum absolute atomic E-state index is 13.3. The second kappa shape index (κ2) is 19.8. The van der Waals surface area contributed by atoms with Gasteiger partial charge in [0.2, 0.25) is 5.91 Å². The van der Waals surface area contributed by atoms with Gasteiger partial charge in [-0.15, -0.1) is 5.10 Å². The van der Waals surface area contributed by atoms with Crippen molar-refractivity contribution in [2.45, 2.75) is 64.6 Å². The first kappa shape index (κ1) is 42.2. The zero-order valence-corrected chi connectivity index (χ0v) is 32.7. The van der Waals surface area contributed by atoms with Crippen LogP contribution in [0, 0.1) is 5.92 Å². The Morgan fingerprint density at radius 3 is 1.59 bits per heavy atom. The standard InChI is InChI=1S/C43H43N5O3.C3H4O4/c1-4-5-25-39(49)47(40(31(2)3)42(50)51)30-32-26-28-33(29-27-32)37-23-15-16-24-38(37)41-44-45-46-48(41)43(34-17-9-6-10-18-34,35-19-11-7-12-20-35)36-21-13-8-14-22-36;4-2(5)1-3(6)7/h6-24,26-29,31,40H,4-5,25,30H2,1-3H3,(H,50,51);1H2,(H,4,5)(H,6,7). The molecule has 0 saturated carbocycles. The number of tetrazole rings is 1. The van der Waals surface area contributed by atoms with E-state index in [1.54, 1.807) is 0 Å². The van der Waals surface area contributed by atoms with Crippen LogP contribution < -0.4 is 0 Å². The van der Waals surface area contributed by atoms with Gasteiger partial charge >= 0.3 is 17.9 Å². The SMILES string of the molecule is CCCCC(=O)N(Cc1ccc(-c2ccccc2-c2nnnn2C(c2ccccc2)(c2ccccc2)c2ccccc2)cc1)C(C(=O)O)C(C)C.O=C(O)CC(=O)O. The Morgan fingerprint density at radius 1 is 0.672 bits per heavy atom. The van der Waals surface area contributed by atoms with Gasteiger partial charge in [-0.1, -0.05) is 167 Å². The van der Waals surface area contributed by atoms with Crippen molar-refractivity contribution in [2.24, 2.45) is 5.92 Å². The smallest absolute Gasteiger partial charge is 0.326 e. The zero-order chi connectivity index (χ0) is 41.7. The van der Waals surface area contributed by atoms with Crippen LogP contribution in [0.2, 0.25) is 0 Å². The van der Waals surface area contributed by atoms with Gasteiger partial charge in [-0.05, 0) is 56.1 Å². The van der Waals surface area contributed by atoms with Crippen LogP contribution in [-0.4, -0.2) is 70.3 Å². The lowest BCUT2D eigenvalue weighted by Gasteiger charge is -2.36. The molecule has 0 spiro atoms. The number of aromatic nitrogens is 4. The van der Waals surface area contributed by atoms with Gasteiger partial charge in [0.15, 0.2) is 5.82 Å². The van der Waals surface area contributed by atoms with Crippen molar-refractivity contribution in [2.75, 3.05) is 0 Å². The van der Waals surface area contributed by atoms with E-state index < -0.39 is 35.9 Å². The number of nitrogens with zero attached hydrogens (tertiary/aromatic N) is 5. The fourth-order valence-corrected chi connectivity index (χ4v) is 7.12. The molecule has 1 unspecified atom stereocenters. The maximum Gasteiger partial charge on any atom is 0.326 e. The van der Waals surface area contributed by atoms with E-state index in [2.05, 4.69) is 52.8 Å². The molecule has 1 heterocycles. The molecule has 58 heavy (non-hydrogen) atoms. The van der Waals surface area contributed by atoms with E-state index in [9.17, 15) is 24.3 Å². The van der Waals surface area contributed by atoms with Crippen molar-refractivity contribution in [3.63, 3.8) is 0 Å². The molecule has 6 rings (SSSR count). The van der Waals surface area contributed by atoms with E-state index >= 15 is 0 Å². The van der Waals surface area contributed by atoms with Crippen LogP contribution >= 0.6 is 0 Å². The predicted molar refractivity (Wildman–Crippen MR) is 220 cm³/mol. The molecule has 0 aliphatic heterocycles. The first-order valence-corrected chi connectivity index (χ1v) is 19.1. The van der Waals surface area contributed by atoms with E-state index in [0.717, 1.165) is 51.8 Å². The quantitative estimate of drug-likeness (QED) is 0.0644. The summed E-state index contributed by atoms with van der Waals surface area (Å²) in [6, 6.07) is 46.0. The molecule has 298 valence electrons.